The summed E-state index contributed by atoms with van der Waals surface area (Å²) in [5.74, 6) is -1.43. The molecule has 25 heavy (non-hydrogen) atoms. The van der Waals surface area contributed by atoms with E-state index in [-0.39, 0.29) is 16.4 Å². The van der Waals surface area contributed by atoms with Gasteiger partial charge >= 0.3 is 5.97 Å². The third-order valence-corrected chi connectivity index (χ3v) is 5.35. The molecule has 0 aromatic heterocycles. The second kappa shape index (κ2) is 6.86. The van der Waals surface area contributed by atoms with Crippen LogP contribution in [0, 0.1) is 0 Å². The molecule has 0 aliphatic carbocycles. The molecule has 1 atom stereocenters. The molecule has 0 heterocycles. The molecule has 3 rings (SSSR count). The normalized spacial score (nSPS) is 11.9. The minimum Gasteiger partial charge on any atom is -0.478 e. The molecule has 0 aliphatic rings. The molecule has 0 spiro atoms. The maximum Gasteiger partial charge on any atom is 0.336 e. The number of nitrogens with one attached hydrogen (secondary N) is 1. The van der Waals surface area contributed by atoms with Crippen LogP contribution in [0.2, 0.25) is 0 Å². The fourth-order valence-electron chi connectivity index (χ4n) is 2.71. The lowest BCUT2D eigenvalue weighted by atomic mass is 10.0. The highest BCUT2D eigenvalue weighted by molar-refractivity contribution is 7.85. The van der Waals surface area contributed by atoms with E-state index in [1.165, 1.54) is 19.2 Å². The Bertz CT molecular complexity index is 1010. The summed E-state index contributed by atoms with van der Waals surface area (Å²) in [5.41, 5.74) is 0.381. The minimum absolute atomic E-state index is 0.0183. The van der Waals surface area contributed by atoms with E-state index in [2.05, 4.69) is 5.32 Å². The highest BCUT2D eigenvalue weighted by atomic mass is 32.2. The molecular weight excluding hydrogens is 338 g/mol. The number of carboxylic acids is 1. The molecule has 2 N–H and O–H groups in total. The number of hydrogen-bond acceptors (Lipinski definition) is 3. The first-order valence-electron chi connectivity index (χ1n) is 7.52. The predicted molar refractivity (Wildman–Crippen MR) is 95.4 cm³/mol. The van der Waals surface area contributed by atoms with E-state index in [0.29, 0.717) is 15.8 Å². The Labute approximate surface area is 146 Å². The number of carbonyl (C=O) groups is 2. The fraction of sp³-hybridized carbons (Fsp3) is 0.0526. The summed E-state index contributed by atoms with van der Waals surface area (Å²) in [4.78, 5) is 24.3. The van der Waals surface area contributed by atoms with Crippen LogP contribution in [-0.2, 0) is 10.8 Å². The SMILES string of the molecule is CNC(=O)c1cccc2cccc(S(=O)c3ccccc3C(=O)O)c12. The Morgan fingerprint density at radius 3 is 2.16 bits per heavy atom. The van der Waals surface area contributed by atoms with Crippen LogP contribution < -0.4 is 5.32 Å². The first-order valence-corrected chi connectivity index (χ1v) is 8.67. The molecule has 0 bridgehead atoms. The summed E-state index contributed by atoms with van der Waals surface area (Å²) in [6.45, 7) is 0. The zero-order valence-electron chi connectivity index (χ0n) is 13.4. The van der Waals surface area contributed by atoms with Crippen molar-refractivity contribution in [3.05, 3.63) is 71.8 Å². The summed E-state index contributed by atoms with van der Waals surface area (Å²) >= 11 is 0. The van der Waals surface area contributed by atoms with Crippen LogP contribution >= 0.6 is 0 Å². The Kier molecular flexibility index (Phi) is 4.63. The Morgan fingerprint density at radius 2 is 1.48 bits per heavy atom. The number of benzene rings is 3. The molecule has 1 unspecified atom stereocenters. The van der Waals surface area contributed by atoms with Crippen LogP contribution in [0.1, 0.15) is 20.7 Å². The highest BCUT2D eigenvalue weighted by Crippen LogP contribution is 2.29. The number of carbonyl (C=O) groups excluding carboxylic acids is 1. The zero-order chi connectivity index (χ0) is 18.0. The van der Waals surface area contributed by atoms with E-state index in [1.807, 2.05) is 12.1 Å². The van der Waals surface area contributed by atoms with Crippen LogP contribution in [0.4, 0.5) is 0 Å². The van der Waals surface area contributed by atoms with Crippen LogP contribution in [0.5, 0.6) is 0 Å². The summed E-state index contributed by atoms with van der Waals surface area (Å²) < 4.78 is 13.2. The van der Waals surface area contributed by atoms with Gasteiger partial charge < -0.3 is 10.4 Å². The molecule has 5 nitrogen and oxygen atoms in total. The lowest BCUT2D eigenvalue weighted by Crippen LogP contribution is -2.18. The average Bonchev–Trinajstić information content (AvgIpc) is 2.65. The largest absolute Gasteiger partial charge is 0.478 e. The first-order chi connectivity index (χ1) is 12.0. The molecular formula is C19H15NO4S. The van der Waals surface area contributed by atoms with Crippen LogP contribution in [0.25, 0.3) is 10.8 Å². The molecule has 3 aromatic carbocycles. The lowest BCUT2D eigenvalue weighted by molar-refractivity contribution is 0.0692. The van der Waals surface area contributed by atoms with Gasteiger partial charge in [-0.1, -0.05) is 36.4 Å². The van der Waals surface area contributed by atoms with E-state index in [0.717, 1.165) is 5.39 Å². The van der Waals surface area contributed by atoms with Gasteiger partial charge in [0.15, 0.2) is 0 Å². The van der Waals surface area contributed by atoms with Crippen molar-refractivity contribution in [2.24, 2.45) is 0 Å². The van der Waals surface area contributed by atoms with Crippen molar-refractivity contribution in [2.45, 2.75) is 9.79 Å². The Morgan fingerprint density at radius 1 is 0.880 bits per heavy atom. The van der Waals surface area contributed by atoms with Gasteiger partial charge in [-0.15, -0.1) is 0 Å². The van der Waals surface area contributed by atoms with E-state index in [9.17, 15) is 18.9 Å². The van der Waals surface area contributed by atoms with Crippen molar-refractivity contribution in [3.8, 4) is 0 Å². The second-order valence-corrected chi connectivity index (χ2v) is 6.73. The topological polar surface area (TPSA) is 83.5 Å². The second-order valence-electron chi connectivity index (χ2n) is 5.31. The number of amides is 1. The maximum absolute atomic E-state index is 13.2. The van der Waals surface area contributed by atoms with Crippen LogP contribution in [0.15, 0.2) is 70.5 Å². The van der Waals surface area contributed by atoms with E-state index in [1.54, 1.807) is 36.4 Å². The molecule has 0 aliphatic heterocycles. The van der Waals surface area contributed by atoms with Gasteiger partial charge in [-0.25, -0.2) is 9.00 Å². The molecule has 0 saturated heterocycles. The first kappa shape index (κ1) is 16.9. The van der Waals surface area contributed by atoms with Gasteiger partial charge in [-0.3, -0.25) is 4.79 Å². The van der Waals surface area contributed by atoms with Gasteiger partial charge in [0.2, 0.25) is 0 Å². The molecule has 0 fully saturated rings. The van der Waals surface area contributed by atoms with Gasteiger partial charge in [0.1, 0.15) is 0 Å². The van der Waals surface area contributed by atoms with E-state index < -0.39 is 16.8 Å². The average molecular weight is 353 g/mol. The van der Waals surface area contributed by atoms with Crippen molar-refractivity contribution >= 4 is 33.4 Å². The van der Waals surface area contributed by atoms with Crippen molar-refractivity contribution in [1.29, 1.82) is 0 Å². The Balaban J connectivity index is 2.28. The van der Waals surface area contributed by atoms with Crippen molar-refractivity contribution in [2.75, 3.05) is 7.05 Å². The molecule has 0 saturated carbocycles. The van der Waals surface area contributed by atoms with Gasteiger partial charge in [0.05, 0.1) is 26.2 Å². The third-order valence-electron chi connectivity index (χ3n) is 3.86. The van der Waals surface area contributed by atoms with Crippen molar-refractivity contribution in [1.82, 2.24) is 5.32 Å². The highest BCUT2D eigenvalue weighted by Gasteiger charge is 2.20. The summed E-state index contributed by atoms with van der Waals surface area (Å²) in [6, 6.07) is 16.6. The summed E-state index contributed by atoms with van der Waals surface area (Å²) in [6.07, 6.45) is 0. The van der Waals surface area contributed by atoms with E-state index in [4.69, 9.17) is 0 Å². The number of fused-ring (bicyclic) bond motifs is 1. The van der Waals surface area contributed by atoms with Gasteiger partial charge in [-0.2, -0.15) is 0 Å². The number of aromatic carboxylic acids is 1. The minimum atomic E-state index is -1.74. The predicted octanol–water partition coefficient (Wildman–Crippen LogP) is 3.06. The maximum atomic E-state index is 13.2. The fourth-order valence-corrected chi connectivity index (χ4v) is 4.12. The molecule has 6 heteroatoms. The smallest absolute Gasteiger partial charge is 0.336 e. The van der Waals surface area contributed by atoms with Gasteiger partial charge in [0.25, 0.3) is 5.91 Å². The van der Waals surface area contributed by atoms with Crippen molar-refractivity contribution < 1.29 is 18.9 Å². The molecule has 126 valence electrons. The monoisotopic (exact) mass is 353 g/mol. The quantitative estimate of drug-likeness (QED) is 0.755. The van der Waals surface area contributed by atoms with Crippen LogP contribution in [0.3, 0.4) is 0 Å². The number of hydrogen-bond donors (Lipinski definition) is 2. The summed E-state index contributed by atoms with van der Waals surface area (Å²) in [5, 5.41) is 13.3. The summed E-state index contributed by atoms with van der Waals surface area (Å²) in [7, 11) is -0.215. The van der Waals surface area contributed by atoms with E-state index >= 15 is 0 Å². The number of rotatable bonds is 4. The van der Waals surface area contributed by atoms with Crippen LogP contribution in [-0.4, -0.2) is 28.2 Å². The molecule has 3 aromatic rings. The Hall–Kier alpha value is -2.99. The molecule has 0 radical (unpaired) electrons. The third kappa shape index (κ3) is 3.04. The van der Waals surface area contributed by atoms with Gasteiger partial charge in [-0.05, 0) is 29.7 Å². The zero-order valence-corrected chi connectivity index (χ0v) is 14.2. The number of carboxylic acid groups (broad SMARTS) is 1. The van der Waals surface area contributed by atoms with Gasteiger partial charge in [0, 0.05) is 18.0 Å². The lowest BCUT2D eigenvalue weighted by Gasteiger charge is -2.12. The standard InChI is InChI=1S/C19H15NO4S/c1-20-18(21)14-9-4-6-12-7-5-11-16(17(12)14)25(24)15-10-3-2-8-13(15)19(22)23/h2-11H,1H3,(H,20,21)(H,22,23). The molecule has 1 amide bonds. The van der Waals surface area contributed by atoms with Crippen molar-refractivity contribution in [3.63, 3.8) is 0 Å².